The maximum atomic E-state index is 12.3. The number of piperazine rings is 1. The van der Waals surface area contributed by atoms with Crippen LogP contribution in [0.25, 0.3) is 6.08 Å². The van der Waals surface area contributed by atoms with E-state index in [2.05, 4.69) is 0 Å². The van der Waals surface area contributed by atoms with Crippen molar-refractivity contribution < 1.29 is 23.5 Å². The van der Waals surface area contributed by atoms with Crippen LogP contribution in [0, 0.1) is 0 Å². The first kappa shape index (κ1) is 17.9. The van der Waals surface area contributed by atoms with Gasteiger partial charge in [-0.2, -0.15) is 0 Å². The summed E-state index contributed by atoms with van der Waals surface area (Å²) in [5.41, 5.74) is 0. The molecule has 1 aliphatic heterocycles. The molecule has 2 amide bonds. The minimum absolute atomic E-state index is 0.0124. The Hall–Kier alpha value is -2.87. The number of thiophene rings is 1. The molecule has 0 spiro atoms. The summed E-state index contributed by atoms with van der Waals surface area (Å²) in [5.74, 6) is -0.365. The zero-order valence-corrected chi connectivity index (χ0v) is 14.8. The van der Waals surface area contributed by atoms with Crippen LogP contribution < -0.4 is 0 Å². The minimum Gasteiger partial charge on any atom is -0.465 e. The van der Waals surface area contributed by atoms with E-state index in [1.807, 2.05) is 11.4 Å². The fourth-order valence-corrected chi connectivity index (χ4v) is 3.21. The molecule has 2 aromatic rings. The summed E-state index contributed by atoms with van der Waals surface area (Å²) in [7, 11) is 0. The number of esters is 1. The predicted octanol–water partition coefficient (Wildman–Crippen LogP) is 1.88. The van der Waals surface area contributed by atoms with Crippen molar-refractivity contribution in [3.8, 4) is 0 Å². The van der Waals surface area contributed by atoms with Crippen molar-refractivity contribution in [3.05, 3.63) is 52.6 Å². The van der Waals surface area contributed by atoms with Crippen LogP contribution in [-0.4, -0.2) is 60.4 Å². The Labute approximate surface area is 154 Å². The maximum Gasteiger partial charge on any atom is 0.331 e. The van der Waals surface area contributed by atoms with Gasteiger partial charge in [-0.05, 0) is 29.7 Å². The Morgan fingerprint density at radius 2 is 1.88 bits per heavy atom. The van der Waals surface area contributed by atoms with Crippen molar-refractivity contribution in [1.82, 2.24) is 9.80 Å². The van der Waals surface area contributed by atoms with Gasteiger partial charge in [0.25, 0.3) is 11.8 Å². The molecule has 0 bridgehead atoms. The van der Waals surface area contributed by atoms with Gasteiger partial charge in [0.1, 0.15) is 5.76 Å². The lowest BCUT2D eigenvalue weighted by Gasteiger charge is -2.34. The smallest absolute Gasteiger partial charge is 0.331 e. The van der Waals surface area contributed by atoms with Crippen LogP contribution in [0.2, 0.25) is 0 Å². The fraction of sp³-hybridized carbons (Fsp3) is 0.278. The molecule has 3 rings (SSSR count). The SMILES string of the molecule is O=C(/C=C/c1ccco1)OCC(=O)N1CCN(C(=O)c2cccs2)CC1. The minimum atomic E-state index is -0.610. The largest absolute Gasteiger partial charge is 0.465 e. The van der Waals surface area contributed by atoms with Crippen molar-refractivity contribution >= 4 is 35.2 Å². The van der Waals surface area contributed by atoms with Crippen molar-refractivity contribution in [3.63, 3.8) is 0 Å². The summed E-state index contributed by atoms with van der Waals surface area (Å²) in [6, 6.07) is 7.04. The standard InChI is InChI=1S/C18H18N2O5S/c21-16(13-25-17(22)6-5-14-3-1-11-24-14)19-7-9-20(10-8-19)18(23)15-4-2-12-26-15/h1-6,11-12H,7-10,13H2/b6-5+. The van der Waals surface area contributed by atoms with Gasteiger partial charge in [0.15, 0.2) is 6.61 Å². The van der Waals surface area contributed by atoms with E-state index in [9.17, 15) is 14.4 Å². The summed E-state index contributed by atoms with van der Waals surface area (Å²) in [6.07, 6.45) is 4.18. The monoisotopic (exact) mass is 374 g/mol. The molecule has 8 heteroatoms. The van der Waals surface area contributed by atoms with Crippen LogP contribution in [0.5, 0.6) is 0 Å². The summed E-state index contributed by atoms with van der Waals surface area (Å²) in [6.45, 7) is 1.47. The van der Waals surface area contributed by atoms with E-state index in [-0.39, 0.29) is 18.4 Å². The van der Waals surface area contributed by atoms with Crippen LogP contribution in [0.4, 0.5) is 0 Å². The van der Waals surface area contributed by atoms with Gasteiger partial charge in [-0.25, -0.2) is 4.79 Å². The van der Waals surface area contributed by atoms with E-state index >= 15 is 0 Å². The molecule has 26 heavy (non-hydrogen) atoms. The molecule has 1 fully saturated rings. The molecule has 1 saturated heterocycles. The van der Waals surface area contributed by atoms with E-state index in [4.69, 9.17) is 9.15 Å². The summed E-state index contributed by atoms with van der Waals surface area (Å²) in [4.78, 5) is 40.1. The third kappa shape index (κ3) is 4.60. The first-order valence-electron chi connectivity index (χ1n) is 8.12. The number of hydrogen-bond donors (Lipinski definition) is 0. The molecule has 0 aliphatic carbocycles. The van der Waals surface area contributed by atoms with Crippen molar-refractivity contribution in [2.45, 2.75) is 0 Å². The average molecular weight is 374 g/mol. The number of nitrogens with zero attached hydrogens (tertiary/aromatic N) is 2. The van der Waals surface area contributed by atoms with Gasteiger partial charge in [0.2, 0.25) is 0 Å². The highest BCUT2D eigenvalue weighted by molar-refractivity contribution is 7.12. The Bertz CT molecular complexity index is 775. The predicted molar refractivity (Wildman–Crippen MR) is 95.5 cm³/mol. The molecule has 2 aromatic heterocycles. The van der Waals surface area contributed by atoms with Gasteiger partial charge in [-0.3, -0.25) is 9.59 Å². The number of carbonyl (C=O) groups excluding carboxylic acids is 3. The number of furan rings is 1. The summed E-state index contributed by atoms with van der Waals surface area (Å²) >= 11 is 1.40. The van der Waals surface area contributed by atoms with Crippen molar-refractivity contribution in [2.24, 2.45) is 0 Å². The summed E-state index contributed by atoms with van der Waals surface area (Å²) in [5, 5.41) is 1.86. The van der Waals surface area contributed by atoms with E-state index < -0.39 is 5.97 Å². The van der Waals surface area contributed by atoms with E-state index in [0.717, 1.165) is 0 Å². The van der Waals surface area contributed by atoms with Crippen molar-refractivity contribution in [2.75, 3.05) is 32.8 Å². The lowest BCUT2D eigenvalue weighted by Crippen LogP contribution is -2.51. The third-order valence-corrected chi connectivity index (χ3v) is 4.77. The third-order valence-electron chi connectivity index (χ3n) is 3.92. The molecule has 0 N–H and O–H groups in total. The Morgan fingerprint density at radius 3 is 2.54 bits per heavy atom. The highest BCUT2D eigenvalue weighted by Gasteiger charge is 2.25. The first-order valence-corrected chi connectivity index (χ1v) is 9.00. The Balaban J connectivity index is 1.41. The van der Waals surface area contributed by atoms with E-state index in [0.29, 0.717) is 36.8 Å². The van der Waals surface area contributed by atoms with Crippen LogP contribution in [0.15, 0.2) is 46.4 Å². The summed E-state index contributed by atoms with van der Waals surface area (Å²) < 4.78 is 10.0. The maximum absolute atomic E-state index is 12.3. The second-order valence-electron chi connectivity index (χ2n) is 5.61. The molecule has 0 unspecified atom stereocenters. The molecule has 1 aliphatic rings. The average Bonchev–Trinajstić information content (AvgIpc) is 3.37. The van der Waals surface area contributed by atoms with Crippen LogP contribution >= 0.6 is 11.3 Å². The second kappa shape index (κ2) is 8.48. The number of ether oxygens (including phenoxy) is 1. The lowest BCUT2D eigenvalue weighted by atomic mass is 10.3. The number of rotatable bonds is 5. The molecule has 136 valence electrons. The highest BCUT2D eigenvalue weighted by Crippen LogP contribution is 2.14. The molecular formula is C18H18N2O5S. The zero-order valence-electron chi connectivity index (χ0n) is 14.0. The van der Waals surface area contributed by atoms with Crippen LogP contribution in [0.3, 0.4) is 0 Å². The van der Waals surface area contributed by atoms with Gasteiger partial charge in [0.05, 0.1) is 11.1 Å². The van der Waals surface area contributed by atoms with Gasteiger partial charge in [-0.15, -0.1) is 11.3 Å². The van der Waals surface area contributed by atoms with Gasteiger partial charge in [-0.1, -0.05) is 6.07 Å². The van der Waals surface area contributed by atoms with E-state index in [1.165, 1.54) is 29.8 Å². The van der Waals surface area contributed by atoms with Gasteiger partial charge >= 0.3 is 5.97 Å². The van der Waals surface area contributed by atoms with Gasteiger partial charge in [0, 0.05) is 32.3 Å². The quantitative estimate of drug-likeness (QED) is 0.590. The number of carbonyl (C=O) groups is 3. The molecular weight excluding hydrogens is 356 g/mol. The van der Waals surface area contributed by atoms with Crippen LogP contribution in [0.1, 0.15) is 15.4 Å². The lowest BCUT2D eigenvalue weighted by molar-refractivity contribution is -0.148. The number of hydrogen-bond acceptors (Lipinski definition) is 6. The Morgan fingerprint density at radius 1 is 1.12 bits per heavy atom. The topological polar surface area (TPSA) is 80.1 Å². The van der Waals surface area contributed by atoms with Crippen LogP contribution in [-0.2, 0) is 14.3 Å². The Kier molecular flexibility index (Phi) is 5.85. The normalized spacial score (nSPS) is 14.6. The van der Waals surface area contributed by atoms with Gasteiger partial charge < -0.3 is 19.0 Å². The first-order chi connectivity index (χ1) is 12.6. The van der Waals surface area contributed by atoms with Crippen molar-refractivity contribution in [1.29, 1.82) is 0 Å². The highest BCUT2D eigenvalue weighted by atomic mass is 32.1. The molecule has 7 nitrogen and oxygen atoms in total. The van der Waals surface area contributed by atoms with E-state index in [1.54, 1.807) is 28.0 Å². The molecule has 0 atom stereocenters. The molecule has 3 heterocycles. The fourth-order valence-electron chi connectivity index (χ4n) is 2.52. The molecule has 0 aromatic carbocycles. The molecule has 0 radical (unpaired) electrons. The molecule has 0 saturated carbocycles. The second-order valence-corrected chi connectivity index (χ2v) is 6.55. The number of amides is 2. The zero-order chi connectivity index (χ0) is 18.4.